The van der Waals surface area contributed by atoms with Gasteiger partial charge in [0.2, 0.25) is 5.91 Å². The number of rotatable bonds is 8. The van der Waals surface area contributed by atoms with Crippen molar-refractivity contribution in [2.24, 2.45) is 5.92 Å². The molecule has 1 fully saturated rings. The van der Waals surface area contributed by atoms with Crippen LogP contribution in [0.4, 0.5) is 5.69 Å². The Hall–Kier alpha value is -2.45. The summed E-state index contributed by atoms with van der Waals surface area (Å²) in [5.74, 6) is 2.07. The van der Waals surface area contributed by atoms with Gasteiger partial charge in [0, 0.05) is 25.3 Å². The van der Waals surface area contributed by atoms with Crippen molar-refractivity contribution in [3.8, 4) is 5.75 Å². The van der Waals surface area contributed by atoms with E-state index in [0.29, 0.717) is 19.0 Å². The molecule has 1 aromatic carbocycles. The number of aromatic nitrogens is 3. The average Bonchev–Trinajstić information content (AvgIpc) is 3.00. The van der Waals surface area contributed by atoms with Crippen molar-refractivity contribution < 1.29 is 14.3 Å². The van der Waals surface area contributed by atoms with Crippen LogP contribution in [0.2, 0.25) is 0 Å². The topological polar surface area (TPSA) is 81.5 Å². The van der Waals surface area contributed by atoms with E-state index in [1.165, 1.54) is 0 Å². The fourth-order valence-electron chi connectivity index (χ4n) is 3.09. The average molecular weight is 387 g/mol. The molecule has 28 heavy (non-hydrogen) atoms. The summed E-state index contributed by atoms with van der Waals surface area (Å²) in [4.78, 5) is 19.0. The Kier molecular flexibility index (Phi) is 7.00. The lowest BCUT2D eigenvalue weighted by molar-refractivity contribution is -0.119. The summed E-state index contributed by atoms with van der Waals surface area (Å²) in [5, 5.41) is 7.26. The summed E-state index contributed by atoms with van der Waals surface area (Å²) in [7, 11) is 0. The number of carbonyl (C=O) groups is 1. The van der Waals surface area contributed by atoms with Crippen molar-refractivity contribution in [1.82, 2.24) is 19.7 Å². The molecule has 2 aromatic rings. The van der Waals surface area contributed by atoms with E-state index in [9.17, 15) is 4.79 Å². The molecule has 1 aliphatic heterocycles. The molecule has 1 N–H and O–H groups in total. The lowest BCUT2D eigenvalue weighted by atomic mass is 10.1. The van der Waals surface area contributed by atoms with Gasteiger partial charge in [-0.3, -0.25) is 9.69 Å². The van der Waals surface area contributed by atoms with Crippen molar-refractivity contribution in [3.63, 3.8) is 0 Å². The zero-order valence-electron chi connectivity index (χ0n) is 16.9. The van der Waals surface area contributed by atoms with Crippen LogP contribution in [0.15, 0.2) is 24.3 Å². The van der Waals surface area contributed by atoms with Crippen molar-refractivity contribution in [1.29, 1.82) is 0 Å². The molecule has 8 nitrogen and oxygen atoms in total. The van der Waals surface area contributed by atoms with Crippen molar-refractivity contribution in [2.45, 2.75) is 27.3 Å². The molecule has 1 amide bonds. The third-order valence-corrected chi connectivity index (χ3v) is 4.76. The second kappa shape index (κ2) is 9.66. The van der Waals surface area contributed by atoms with E-state index in [4.69, 9.17) is 9.47 Å². The molecule has 1 saturated heterocycles. The Balaban J connectivity index is 1.43. The minimum absolute atomic E-state index is 0.0476. The maximum absolute atomic E-state index is 12.4. The van der Waals surface area contributed by atoms with E-state index < -0.39 is 0 Å². The first-order valence-corrected chi connectivity index (χ1v) is 9.73. The number of morpholine rings is 1. The van der Waals surface area contributed by atoms with E-state index in [2.05, 4.69) is 20.3 Å². The number of benzene rings is 1. The van der Waals surface area contributed by atoms with Gasteiger partial charge in [-0.2, -0.15) is 5.10 Å². The lowest BCUT2D eigenvalue weighted by Crippen LogP contribution is -2.38. The first-order valence-electron chi connectivity index (χ1n) is 9.73. The molecule has 8 heteroatoms. The summed E-state index contributed by atoms with van der Waals surface area (Å²) >= 11 is 0. The first kappa shape index (κ1) is 20.3. The minimum atomic E-state index is -0.218. The maximum Gasteiger partial charge on any atom is 0.229 e. The van der Waals surface area contributed by atoms with Gasteiger partial charge in [-0.25, -0.2) is 9.67 Å². The molecule has 1 unspecified atom stereocenters. The van der Waals surface area contributed by atoms with Crippen molar-refractivity contribution >= 4 is 11.6 Å². The molecule has 1 atom stereocenters. The molecule has 1 aliphatic rings. The highest BCUT2D eigenvalue weighted by molar-refractivity contribution is 5.92. The van der Waals surface area contributed by atoms with Crippen LogP contribution in [0.25, 0.3) is 0 Å². The number of nitrogens with one attached hydrogen (secondary N) is 1. The zero-order chi connectivity index (χ0) is 19.9. The number of aryl methyl sites for hydroxylation is 2. The van der Waals surface area contributed by atoms with Crippen molar-refractivity contribution in [3.05, 3.63) is 35.9 Å². The highest BCUT2D eigenvalue weighted by Crippen LogP contribution is 2.17. The lowest BCUT2D eigenvalue weighted by Gasteiger charge is -2.26. The van der Waals surface area contributed by atoms with Crippen LogP contribution in [0, 0.1) is 19.8 Å². The van der Waals surface area contributed by atoms with E-state index in [1.54, 1.807) is 4.68 Å². The van der Waals surface area contributed by atoms with Gasteiger partial charge in [-0.05, 0) is 38.1 Å². The van der Waals surface area contributed by atoms with E-state index in [-0.39, 0.29) is 11.8 Å². The number of ether oxygens (including phenoxy) is 2. The molecule has 0 spiro atoms. The number of hydrogen-bond acceptors (Lipinski definition) is 6. The first-order chi connectivity index (χ1) is 13.5. The molecule has 1 aromatic heterocycles. The third kappa shape index (κ3) is 5.77. The van der Waals surface area contributed by atoms with E-state index in [0.717, 1.165) is 50.1 Å². The number of carbonyl (C=O) groups excluding carboxylic acids is 1. The van der Waals surface area contributed by atoms with Crippen LogP contribution in [0.1, 0.15) is 18.6 Å². The van der Waals surface area contributed by atoms with Gasteiger partial charge < -0.3 is 14.8 Å². The fraction of sp³-hybridized carbons (Fsp3) is 0.550. The van der Waals surface area contributed by atoms with Crippen LogP contribution in [0.3, 0.4) is 0 Å². The second-order valence-electron chi connectivity index (χ2n) is 7.11. The summed E-state index contributed by atoms with van der Waals surface area (Å²) in [6.07, 6.45) is 0. The van der Waals surface area contributed by atoms with Gasteiger partial charge in [-0.1, -0.05) is 6.92 Å². The van der Waals surface area contributed by atoms with Gasteiger partial charge in [0.15, 0.2) is 0 Å². The molecule has 3 rings (SSSR count). The second-order valence-corrected chi connectivity index (χ2v) is 7.11. The van der Waals surface area contributed by atoms with E-state index in [1.807, 2.05) is 45.0 Å². The summed E-state index contributed by atoms with van der Waals surface area (Å²) in [5.41, 5.74) is 0.754. The van der Waals surface area contributed by atoms with Gasteiger partial charge in [0.05, 0.1) is 25.7 Å². The van der Waals surface area contributed by atoms with Gasteiger partial charge in [0.1, 0.15) is 24.0 Å². The van der Waals surface area contributed by atoms with Crippen LogP contribution < -0.4 is 10.1 Å². The number of nitrogens with zero attached hydrogens (tertiary/aromatic N) is 4. The van der Waals surface area contributed by atoms with Crippen LogP contribution >= 0.6 is 0 Å². The van der Waals surface area contributed by atoms with Crippen LogP contribution in [-0.4, -0.2) is 65.0 Å². The number of amides is 1. The Morgan fingerprint density at radius 3 is 2.61 bits per heavy atom. The maximum atomic E-state index is 12.4. The predicted molar refractivity (Wildman–Crippen MR) is 106 cm³/mol. The highest BCUT2D eigenvalue weighted by Gasteiger charge is 2.16. The fourth-order valence-corrected chi connectivity index (χ4v) is 3.09. The Bertz CT molecular complexity index is 769. The third-order valence-electron chi connectivity index (χ3n) is 4.76. The minimum Gasteiger partial charge on any atom is -0.492 e. The van der Waals surface area contributed by atoms with Gasteiger partial charge in [-0.15, -0.1) is 0 Å². The van der Waals surface area contributed by atoms with E-state index >= 15 is 0 Å². The quantitative estimate of drug-likeness (QED) is 0.745. The SMILES string of the molecule is Cc1nc(C)n(CC(C)C(=O)Nc2ccc(OCCN3CCOCC3)cc2)n1. The molecule has 0 bridgehead atoms. The number of hydrogen-bond donors (Lipinski definition) is 1. The summed E-state index contributed by atoms with van der Waals surface area (Å²) in [6.45, 7) is 11.2. The smallest absolute Gasteiger partial charge is 0.229 e. The van der Waals surface area contributed by atoms with Gasteiger partial charge >= 0.3 is 0 Å². The molecular formula is C20H29N5O3. The Morgan fingerprint density at radius 1 is 1.25 bits per heavy atom. The zero-order valence-corrected chi connectivity index (χ0v) is 16.9. The van der Waals surface area contributed by atoms with Crippen molar-refractivity contribution in [2.75, 3.05) is 44.8 Å². The normalized spacial score (nSPS) is 16.0. The molecule has 0 radical (unpaired) electrons. The highest BCUT2D eigenvalue weighted by atomic mass is 16.5. The monoisotopic (exact) mass is 387 g/mol. The summed E-state index contributed by atoms with van der Waals surface area (Å²) < 4.78 is 12.9. The molecular weight excluding hydrogens is 358 g/mol. The molecule has 0 aliphatic carbocycles. The Labute approximate surface area is 165 Å². The van der Waals surface area contributed by atoms with Crippen LogP contribution in [-0.2, 0) is 16.1 Å². The summed E-state index contributed by atoms with van der Waals surface area (Å²) in [6, 6.07) is 7.48. The largest absolute Gasteiger partial charge is 0.492 e. The molecule has 152 valence electrons. The van der Waals surface area contributed by atoms with Gasteiger partial charge in [0.25, 0.3) is 0 Å². The molecule has 2 heterocycles. The standard InChI is InChI=1S/C20H29N5O3/c1-15(14-25-17(3)21-16(2)23-25)20(26)22-18-4-6-19(7-5-18)28-13-10-24-8-11-27-12-9-24/h4-7,15H,8-14H2,1-3H3,(H,22,26). The predicted octanol–water partition coefficient (Wildman–Crippen LogP) is 1.88. The number of anilines is 1. The molecule has 0 saturated carbocycles. The Morgan fingerprint density at radius 2 is 1.96 bits per heavy atom. The van der Waals surface area contributed by atoms with Crippen LogP contribution in [0.5, 0.6) is 5.75 Å².